The summed E-state index contributed by atoms with van der Waals surface area (Å²) in [5.74, 6) is -1.74. The van der Waals surface area contributed by atoms with Crippen LogP contribution in [-0.4, -0.2) is 55.6 Å². The lowest BCUT2D eigenvalue weighted by molar-refractivity contribution is -0.0687. The van der Waals surface area contributed by atoms with Gasteiger partial charge in [-0.2, -0.15) is 0 Å². The molecule has 1 aromatic carbocycles. The van der Waals surface area contributed by atoms with Gasteiger partial charge in [0.05, 0.1) is 10.9 Å². The Hall–Kier alpha value is -3.05. The molecule has 37 heavy (non-hydrogen) atoms. The summed E-state index contributed by atoms with van der Waals surface area (Å²) in [7, 11) is -2.18. The average molecular weight is 533 g/mol. The Morgan fingerprint density at radius 2 is 2.00 bits per heavy atom. The van der Waals surface area contributed by atoms with Crippen molar-refractivity contribution in [1.82, 2.24) is 14.6 Å². The van der Waals surface area contributed by atoms with Gasteiger partial charge in [0.2, 0.25) is 15.9 Å². The van der Waals surface area contributed by atoms with E-state index < -0.39 is 40.1 Å². The molecule has 0 bridgehead atoms. The zero-order valence-corrected chi connectivity index (χ0v) is 21.6. The van der Waals surface area contributed by atoms with E-state index in [1.54, 1.807) is 12.3 Å². The lowest BCUT2D eigenvalue weighted by Gasteiger charge is -2.34. The van der Waals surface area contributed by atoms with Crippen LogP contribution in [0.1, 0.15) is 42.4 Å². The fourth-order valence-electron chi connectivity index (χ4n) is 5.18. The maximum atomic E-state index is 13.2. The van der Waals surface area contributed by atoms with Crippen molar-refractivity contribution < 1.29 is 26.7 Å². The number of likely N-dealkylation sites (N-methyl/N-ethyl adjacent to an activating group) is 1. The first-order chi connectivity index (χ1) is 17.5. The highest BCUT2D eigenvalue weighted by Crippen LogP contribution is 2.42. The molecule has 0 saturated heterocycles. The number of benzene rings is 1. The third kappa shape index (κ3) is 5.47. The number of hydrogen-bond donors (Lipinski definition) is 2. The first-order valence-corrected chi connectivity index (χ1v) is 13.9. The molecule has 8 nitrogen and oxygen atoms in total. The van der Waals surface area contributed by atoms with Crippen LogP contribution in [0.15, 0.2) is 36.2 Å². The number of halogens is 2. The Bertz CT molecular complexity index is 1370. The van der Waals surface area contributed by atoms with E-state index in [0.717, 1.165) is 72.3 Å². The molecule has 1 aromatic heterocycles. The highest BCUT2D eigenvalue weighted by molar-refractivity contribution is 7.90. The second-order valence-electron chi connectivity index (χ2n) is 10.1. The van der Waals surface area contributed by atoms with E-state index in [9.17, 15) is 22.0 Å². The summed E-state index contributed by atoms with van der Waals surface area (Å²) >= 11 is 0. The second kappa shape index (κ2) is 9.68. The van der Waals surface area contributed by atoms with Gasteiger partial charge in [0.15, 0.2) is 0 Å². The monoisotopic (exact) mass is 532 g/mol. The van der Waals surface area contributed by atoms with Crippen molar-refractivity contribution in [2.45, 2.75) is 56.6 Å². The van der Waals surface area contributed by atoms with Crippen LogP contribution < -0.4 is 14.8 Å². The molecule has 198 valence electrons. The minimum absolute atomic E-state index is 0.428. The predicted octanol–water partition coefficient (Wildman–Crippen LogP) is 4.39. The molecule has 1 saturated carbocycles. The standard InChI is InChI=1S/C26H30F2N4O4S/c1-16-12-17-4-3-5-21(17)24(30-25(33)31-37(34,35)20-14-26(27,28)15-20)23(16)18-6-9-29-22(13-18)36-19-7-10-32(2)11-8-19/h6-7,9,12-13,20H,3-5,8,10-11,14-15H2,1-2H3,(H2,30,31,33). The van der Waals surface area contributed by atoms with Crippen LogP contribution in [0.25, 0.3) is 11.1 Å². The number of amides is 2. The molecule has 2 amide bonds. The molecule has 5 rings (SSSR count). The number of urea groups is 1. The van der Waals surface area contributed by atoms with Crippen molar-refractivity contribution in [3.05, 3.63) is 52.9 Å². The number of fused-ring (bicyclic) bond motifs is 1. The number of aryl methyl sites for hydroxylation is 2. The van der Waals surface area contributed by atoms with Gasteiger partial charge in [-0.1, -0.05) is 6.07 Å². The SMILES string of the molecule is Cc1cc2c(c(NC(=O)NS(=O)(=O)C3CC(F)(F)C3)c1-c1ccnc(OC3=CCN(C)CC3)c1)CCC2. The molecule has 1 fully saturated rings. The van der Waals surface area contributed by atoms with Gasteiger partial charge in [0.25, 0.3) is 5.92 Å². The maximum absolute atomic E-state index is 13.2. The molecule has 0 spiro atoms. The van der Waals surface area contributed by atoms with Crippen LogP contribution in [0.2, 0.25) is 0 Å². The summed E-state index contributed by atoms with van der Waals surface area (Å²) < 4.78 is 59.4. The number of alkyl halides is 2. The predicted molar refractivity (Wildman–Crippen MR) is 136 cm³/mol. The summed E-state index contributed by atoms with van der Waals surface area (Å²) in [6.45, 7) is 3.62. The van der Waals surface area contributed by atoms with Gasteiger partial charge in [-0.25, -0.2) is 31.7 Å². The molecular weight excluding hydrogens is 502 g/mol. The number of nitrogens with zero attached hydrogens (tertiary/aromatic N) is 2. The molecular formula is C26H30F2N4O4S. The van der Waals surface area contributed by atoms with Crippen LogP contribution in [0, 0.1) is 6.92 Å². The van der Waals surface area contributed by atoms with Crippen LogP contribution in [0.5, 0.6) is 5.88 Å². The minimum Gasteiger partial charge on any atom is -0.444 e. The summed E-state index contributed by atoms with van der Waals surface area (Å²) in [4.78, 5) is 19.4. The number of hydrogen-bond acceptors (Lipinski definition) is 6. The summed E-state index contributed by atoms with van der Waals surface area (Å²) in [6.07, 6.45) is 5.36. The number of carbonyl (C=O) groups is 1. The molecule has 2 N–H and O–H groups in total. The fraction of sp³-hybridized carbons (Fsp3) is 0.462. The highest BCUT2D eigenvalue weighted by atomic mass is 32.2. The molecule has 0 atom stereocenters. The van der Waals surface area contributed by atoms with E-state index in [1.165, 1.54) is 0 Å². The number of anilines is 1. The second-order valence-corrected chi connectivity index (χ2v) is 12.1. The van der Waals surface area contributed by atoms with Crippen molar-refractivity contribution >= 4 is 21.7 Å². The average Bonchev–Trinajstić information content (AvgIpc) is 3.27. The van der Waals surface area contributed by atoms with Gasteiger partial charge in [0.1, 0.15) is 5.76 Å². The Kier molecular flexibility index (Phi) is 6.70. The van der Waals surface area contributed by atoms with E-state index in [0.29, 0.717) is 11.6 Å². The molecule has 2 heterocycles. The Labute approximate surface area is 215 Å². The zero-order chi connectivity index (χ0) is 26.4. The fourth-order valence-corrected chi connectivity index (χ4v) is 6.58. The van der Waals surface area contributed by atoms with E-state index in [1.807, 2.05) is 30.8 Å². The van der Waals surface area contributed by atoms with E-state index >= 15 is 0 Å². The normalized spacial score (nSPS) is 19.5. The van der Waals surface area contributed by atoms with Gasteiger partial charge >= 0.3 is 6.03 Å². The van der Waals surface area contributed by atoms with E-state index in [4.69, 9.17) is 4.74 Å². The van der Waals surface area contributed by atoms with Crippen LogP contribution in [0.4, 0.5) is 19.3 Å². The number of nitrogens with one attached hydrogen (secondary N) is 2. The minimum atomic E-state index is -4.22. The molecule has 2 aliphatic carbocycles. The van der Waals surface area contributed by atoms with E-state index in [-0.39, 0.29) is 0 Å². The lowest BCUT2D eigenvalue weighted by atomic mass is 9.93. The summed E-state index contributed by atoms with van der Waals surface area (Å²) in [5.41, 5.74) is 4.99. The van der Waals surface area contributed by atoms with E-state index in [2.05, 4.69) is 21.3 Å². The third-order valence-electron chi connectivity index (χ3n) is 7.19. The van der Waals surface area contributed by atoms with Gasteiger partial charge in [-0.15, -0.1) is 0 Å². The lowest BCUT2D eigenvalue weighted by Crippen LogP contribution is -2.51. The number of sulfonamides is 1. The van der Waals surface area contributed by atoms with Crippen molar-refractivity contribution in [2.75, 3.05) is 25.5 Å². The van der Waals surface area contributed by atoms with Crippen molar-refractivity contribution in [1.29, 1.82) is 0 Å². The smallest absolute Gasteiger partial charge is 0.332 e. The Morgan fingerprint density at radius 3 is 2.70 bits per heavy atom. The van der Waals surface area contributed by atoms with Gasteiger partial charge in [0, 0.05) is 50.2 Å². The first kappa shape index (κ1) is 25.6. The van der Waals surface area contributed by atoms with Gasteiger partial charge < -0.3 is 15.0 Å². The molecule has 3 aliphatic rings. The molecule has 0 radical (unpaired) electrons. The van der Waals surface area contributed by atoms with Crippen LogP contribution in [0.3, 0.4) is 0 Å². The first-order valence-electron chi connectivity index (χ1n) is 12.4. The summed E-state index contributed by atoms with van der Waals surface area (Å²) in [5, 5.41) is 1.45. The number of aromatic nitrogens is 1. The van der Waals surface area contributed by atoms with Gasteiger partial charge in [-0.05, 0) is 67.6 Å². The molecule has 11 heteroatoms. The van der Waals surface area contributed by atoms with Crippen LogP contribution in [-0.2, 0) is 22.9 Å². The Morgan fingerprint density at radius 1 is 1.22 bits per heavy atom. The number of ether oxygens (including phenoxy) is 1. The summed E-state index contributed by atoms with van der Waals surface area (Å²) in [6, 6.07) is 4.75. The number of carbonyl (C=O) groups excluding carboxylic acids is 1. The van der Waals surface area contributed by atoms with Crippen molar-refractivity contribution in [2.24, 2.45) is 0 Å². The molecule has 1 aliphatic heterocycles. The largest absolute Gasteiger partial charge is 0.444 e. The van der Waals surface area contributed by atoms with Crippen LogP contribution >= 0.6 is 0 Å². The van der Waals surface area contributed by atoms with Gasteiger partial charge in [-0.3, -0.25) is 0 Å². The van der Waals surface area contributed by atoms with Crippen molar-refractivity contribution in [3.63, 3.8) is 0 Å². The molecule has 0 unspecified atom stereocenters. The highest BCUT2D eigenvalue weighted by Gasteiger charge is 2.52. The Balaban J connectivity index is 1.43. The quantitative estimate of drug-likeness (QED) is 0.572. The number of rotatable bonds is 6. The number of pyridine rings is 1. The zero-order valence-electron chi connectivity index (χ0n) is 20.8. The topological polar surface area (TPSA) is 101 Å². The van der Waals surface area contributed by atoms with Crippen molar-refractivity contribution in [3.8, 4) is 17.0 Å². The molecule has 2 aromatic rings. The third-order valence-corrected chi connectivity index (χ3v) is 8.87. The maximum Gasteiger partial charge on any atom is 0.332 e.